The summed E-state index contributed by atoms with van der Waals surface area (Å²) in [6, 6.07) is 7.64. The lowest BCUT2D eigenvalue weighted by Gasteiger charge is -2.09. The average Bonchev–Trinajstić information content (AvgIpc) is 2.27. The Bertz CT molecular complexity index is 370. The van der Waals surface area contributed by atoms with E-state index in [1.54, 1.807) is 0 Å². The van der Waals surface area contributed by atoms with E-state index in [2.05, 4.69) is 5.32 Å². The second kappa shape index (κ2) is 8.91. The van der Waals surface area contributed by atoms with Gasteiger partial charge in [0.05, 0.1) is 12.7 Å². The van der Waals surface area contributed by atoms with Crippen molar-refractivity contribution in [2.24, 2.45) is 5.73 Å². The summed E-state index contributed by atoms with van der Waals surface area (Å²) in [6.45, 7) is 4.90. The molecular weight excluding hydrogens is 252 g/mol. The molecule has 0 aliphatic rings. The number of halogens is 1. The summed E-state index contributed by atoms with van der Waals surface area (Å²) in [5, 5.41) is 2.80. The third-order valence-corrected chi connectivity index (χ3v) is 2.17. The van der Waals surface area contributed by atoms with E-state index in [4.69, 9.17) is 10.5 Å². The Morgan fingerprint density at radius 1 is 1.44 bits per heavy atom. The highest BCUT2D eigenvalue weighted by Gasteiger charge is 2.02. The number of benzene rings is 1. The quantitative estimate of drug-likeness (QED) is 0.835. The number of carbonyl (C=O) groups excluding carboxylic acids is 1. The van der Waals surface area contributed by atoms with Crippen molar-refractivity contribution in [2.75, 3.05) is 11.9 Å². The lowest BCUT2D eigenvalue weighted by Crippen LogP contribution is -2.16. The van der Waals surface area contributed by atoms with Crippen LogP contribution in [0.4, 0.5) is 5.69 Å². The molecule has 5 heteroatoms. The average molecular weight is 273 g/mol. The first kappa shape index (κ1) is 16.9. The number of anilines is 1. The van der Waals surface area contributed by atoms with Crippen molar-refractivity contribution in [3.63, 3.8) is 0 Å². The van der Waals surface area contributed by atoms with Crippen molar-refractivity contribution in [3.8, 4) is 0 Å². The maximum atomic E-state index is 11.4. The minimum atomic E-state index is -0.0607. The predicted molar refractivity (Wildman–Crippen MR) is 75.9 cm³/mol. The first-order valence-electron chi connectivity index (χ1n) is 5.82. The Balaban J connectivity index is 0.00000289. The van der Waals surface area contributed by atoms with E-state index >= 15 is 0 Å². The van der Waals surface area contributed by atoms with Crippen molar-refractivity contribution in [3.05, 3.63) is 29.8 Å². The molecule has 0 unspecified atom stereocenters. The van der Waals surface area contributed by atoms with Gasteiger partial charge in [-0.15, -0.1) is 12.4 Å². The molecule has 0 aromatic heterocycles. The highest BCUT2D eigenvalue weighted by atomic mass is 35.5. The van der Waals surface area contributed by atoms with E-state index in [0.717, 1.165) is 11.3 Å². The highest BCUT2D eigenvalue weighted by molar-refractivity contribution is 5.90. The first-order valence-corrected chi connectivity index (χ1v) is 5.82. The molecule has 0 saturated carbocycles. The lowest BCUT2D eigenvalue weighted by molar-refractivity contribution is -0.116. The fraction of sp³-hybridized carbons (Fsp3) is 0.462. The zero-order chi connectivity index (χ0) is 12.7. The van der Waals surface area contributed by atoms with Crippen LogP contribution in [-0.4, -0.2) is 18.6 Å². The van der Waals surface area contributed by atoms with Crippen LogP contribution < -0.4 is 11.1 Å². The first-order chi connectivity index (χ1) is 8.11. The molecule has 1 amide bonds. The molecule has 4 nitrogen and oxygen atoms in total. The number of amides is 1. The van der Waals surface area contributed by atoms with Gasteiger partial charge in [-0.25, -0.2) is 0 Å². The number of carbonyl (C=O) groups is 1. The normalized spacial score (nSPS) is 10.0. The Kier molecular flexibility index (Phi) is 8.37. The van der Waals surface area contributed by atoms with Crippen LogP contribution >= 0.6 is 12.4 Å². The maximum Gasteiger partial charge on any atom is 0.225 e. The monoisotopic (exact) mass is 272 g/mol. The Morgan fingerprint density at radius 2 is 2.17 bits per heavy atom. The van der Waals surface area contributed by atoms with Crippen LogP contribution in [0.25, 0.3) is 0 Å². The van der Waals surface area contributed by atoms with Crippen molar-refractivity contribution in [1.82, 2.24) is 0 Å². The molecule has 1 rings (SSSR count). The van der Waals surface area contributed by atoms with E-state index < -0.39 is 0 Å². The van der Waals surface area contributed by atoms with Gasteiger partial charge in [-0.3, -0.25) is 4.79 Å². The molecule has 102 valence electrons. The van der Waals surface area contributed by atoms with Crippen molar-refractivity contribution in [1.29, 1.82) is 0 Å². The van der Waals surface area contributed by atoms with Crippen LogP contribution in [0.2, 0.25) is 0 Å². The fourth-order valence-corrected chi connectivity index (χ4v) is 1.36. The minimum Gasteiger partial charge on any atom is -0.374 e. The summed E-state index contributed by atoms with van der Waals surface area (Å²) in [4.78, 5) is 11.4. The molecule has 0 bridgehead atoms. The number of rotatable bonds is 6. The largest absolute Gasteiger partial charge is 0.374 e. The zero-order valence-electron chi connectivity index (χ0n) is 10.8. The Morgan fingerprint density at radius 3 is 2.78 bits per heavy atom. The van der Waals surface area contributed by atoms with Gasteiger partial charge in [-0.1, -0.05) is 12.1 Å². The van der Waals surface area contributed by atoms with Crippen LogP contribution in [0, 0.1) is 0 Å². The molecular formula is C13H21ClN2O2. The summed E-state index contributed by atoms with van der Waals surface area (Å²) < 4.78 is 5.50. The minimum absolute atomic E-state index is 0. The van der Waals surface area contributed by atoms with Gasteiger partial charge in [0, 0.05) is 18.7 Å². The van der Waals surface area contributed by atoms with E-state index in [9.17, 15) is 4.79 Å². The van der Waals surface area contributed by atoms with Gasteiger partial charge in [-0.05, 0) is 31.5 Å². The molecule has 1 aromatic carbocycles. The lowest BCUT2D eigenvalue weighted by atomic mass is 10.2. The number of hydrogen-bond acceptors (Lipinski definition) is 3. The molecule has 0 spiro atoms. The van der Waals surface area contributed by atoms with Gasteiger partial charge in [-0.2, -0.15) is 0 Å². The van der Waals surface area contributed by atoms with Crippen molar-refractivity contribution >= 4 is 24.0 Å². The third kappa shape index (κ3) is 6.59. The zero-order valence-corrected chi connectivity index (χ0v) is 11.6. The van der Waals surface area contributed by atoms with E-state index in [0.29, 0.717) is 19.6 Å². The van der Waals surface area contributed by atoms with Gasteiger partial charge >= 0.3 is 0 Å². The molecule has 3 N–H and O–H groups in total. The molecule has 0 heterocycles. The summed E-state index contributed by atoms with van der Waals surface area (Å²) >= 11 is 0. The third-order valence-electron chi connectivity index (χ3n) is 2.17. The molecule has 18 heavy (non-hydrogen) atoms. The molecule has 0 saturated heterocycles. The van der Waals surface area contributed by atoms with Gasteiger partial charge in [0.25, 0.3) is 0 Å². The molecule has 0 atom stereocenters. The number of ether oxygens (including phenoxy) is 1. The topological polar surface area (TPSA) is 64.3 Å². The van der Waals surface area contributed by atoms with E-state index in [-0.39, 0.29) is 24.4 Å². The molecule has 0 aliphatic carbocycles. The van der Waals surface area contributed by atoms with Crippen molar-refractivity contribution in [2.45, 2.75) is 33.0 Å². The number of nitrogens with one attached hydrogen (secondary N) is 1. The second-order valence-corrected chi connectivity index (χ2v) is 4.15. The Hall–Kier alpha value is -1.10. The Labute approximate surface area is 114 Å². The molecule has 0 aliphatic heterocycles. The molecule has 1 aromatic rings. The van der Waals surface area contributed by atoms with Crippen LogP contribution in [-0.2, 0) is 16.1 Å². The number of hydrogen-bond donors (Lipinski definition) is 2. The SMILES string of the molecule is CC(C)OCc1cccc(NC(=O)CCN)c1.Cl. The van der Waals surface area contributed by atoms with Crippen LogP contribution in [0.15, 0.2) is 24.3 Å². The summed E-state index contributed by atoms with van der Waals surface area (Å²) in [5.41, 5.74) is 7.14. The second-order valence-electron chi connectivity index (χ2n) is 4.15. The van der Waals surface area contributed by atoms with Gasteiger partial charge in [0.2, 0.25) is 5.91 Å². The standard InChI is InChI=1S/C13H20N2O2.ClH/c1-10(2)17-9-11-4-3-5-12(8-11)15-13(16)6-7-14;/h3-5,8,10H,6-7,9,14H2,1-2H3,(H,15,16);1H. The summed E-state index contributed by atoms with van der Waals surface area (Å²) in [5.74, 6) is -0.0607. The molecule has 0 radical (unpaired) electrons. The maximum absolute atomic E-state index is 11.4. The smallest absolute Gasteiger partial charge is 0.225 e. The van der Waals surface area contributed by atoms with Gasteiger partial charge in [0.15, 0.2) is 0 Å². The van der Waals surface area contributed by atoms with E-state index in [1.807, 2.05) is 38.1 Å². The van der Waals surface area contributed by atoms with E-state index in [1.165, 1.54) is 0 Å². The van der Waals surface area contributed by atoms with Crippen LogP contribution in [0.1, 0.15) is 25.8 Å². The van der Waals surface area contributed by atoms with Crippen molar-refractivity contribution < 1.29 is 9.53 Å². The van der Waals surface area contributed by atoms with Gasteiger partial charge < -0.3 is 15.8 Å². The fourth-order valence-electron chi connectivity index (χ4n) is 1.36. The van der Waals surface area contributed by atoms with Crippen LogP contribution in [0.3, 0.4) is 0 Å². The summed E-state index contributed by atoms with van der Waals surface area (Å²) in [6.07, 6.45) is 0.540. The highest BCUT2D eigenvalue weighted by Crippen LogP contribution is 2.12. The van der Waals surface area contributed by atoms with Gasteiger partial charge in [0.1, 0.15) is 0 Å². The predicted octanol–water partition coefficient (Wildman–Crippen LogP) is 2.32. The number of nitrogens with two attached hydrogens (primary N) is 1. The summed E-state index contributed by atoms with van der Waals surface area (Å²) in [7, 11) is 0. The molecule has 0 fully saturated rings. The van der Waals surface area contributed by atoms with Crippen LogP contribution in [0.5, 0.6) is 0 Å².